The summed E-state index contributed by atoms with van der Waals surface area (Å²) < 4.78 is 2.17. The summed E-state index contributed by atoms with van der Waals surface area (Å²) in [6.45, 7) is 0. The summed E-state index contributed by atoms with van der Waals surface area (Å²) in [6, 6.07) is 6.30. The van der Waals surface area contributed by atoms with Crippen LogP contribution < -0.4 is 11.3 Å². The number of nitrogens with two attached hydrogens (primary N) is 1. The zero-order chi connectivity index (χ0) is 12.3. The summed E-state index contributed by atoms with van der Waals surface area (Å²) in [5.74, 6) is 5.73. The van der Waals surface area contributed by atoms with Gasteiger partial charge in [0.2, 0.25) is 0 Å². The number of benzene rings is 1. The van der Waals surface area contributed by atoms with Gasteiger partial charge in [0.05, 0.1) is 6.04 Å². The van der Waals surface area contributed by atoms with Crippen LogP contribution in [0.5, 0.6) is 0 Å². The molecule has 2 rings (SSSR count). The second-order valence-electron chi connectivity index (χ2n) is 4.29. The number of rotatable bonds is 3. The van der Waals surface area contributed by atoms with Gasteiger partial charge in [-0.15, -0.1) is 0 Å². The standard InChI is InChI=1S/C13H16Br2N2/c14-10-6-7-12(15)11(8-10)13(17-16)9-4-2-1-3-5-9/h4,6-8,13,17H,1-3,5,16H2. The molecule has 0 spiro atoms. The van der Waals surface area contributed by atoms with Gasteiger partial charge in [0.25, 0.3) is 0 Å². The van der Waals surface area contributed by atoms with Crippen molar-refractivity contribution in [2.75, 3.05) is 0 Å². The highest BCUT2D eigenvalue weighted by atomic mass is 79.9. The van der Waals surface area contributed by atoms with E-state index in [0.717, 1.165) is 15.4 Å². The lowest BCUT2D eigenvalue weighted by Gasteiger charge is -2.24. The highest BCUT2D eigenvalue weighted by Crippen LogP contribution is 2.34. The fourth-order valence-corrected chi connectivity index (χ4v) is 3.11. The average molecular weight is 360 g/mol. The monoisotopic (exact) mass is 358 g/mol. The third-order valence-corrected chi connectivity index (χ3v) is 4.35. The van der Waals surface area contributed by atoms with E-state index in [1.807, 2.05) is 12.1 Å². The van der Waals surface area contributed by atoms with Gasteiger partial charge in [-0.25, -0.2) is 5.43 Å². The number of allylic oxidation sites excluding steroid dienone is 1. The van der Waals surface area contributed by atoms with E-state index >= 15 is 0 Å². The van der Waals surface area contributed by atoms with Crippen molar-refractivity contribution in [1.82, 2.24) is 5.43 Å². The molecule has 0 aliphatic heterocycles. The Labute approximate surface area is 119 Å². The zero-order valence-corrected chi connectivity index (χ0v) is 12.7. The number of hydrogen-bond donors (Lipinski definition) is 2. The van der Waals surface area contributed by atoms with Gasteiger partial charge in [0.15, 0.2) is 0 Å². The SMILES string of the molecule is NNC(C1=CCCCC1)c1cc(Br)ccc1Br. The van der Waals surface area contributed by atoms with Gasteiger partial charge in [-0.05, 0) is 49.4 Å². The van der Waals surface area contributed by atoms with E-state index in [2.05, 4.69) is 49.4 Å². The molecule has 92 valence electrons. The summed E-state index contributed by atoms with van der Waals surface area (Å²) in [5.41, 5.74) is 5.53. The summed E-state index contributed by atoms with van der Waals surface area (Å²) in [4.78, 5) is 0. The molecule has 0 radical (unpaired) electrons. The summed E-state index contributed by atoms with van der Waals surface area (Å²) in [5, 5.41) is 0. The van der Waals surface area contributed by atoms with Gasteiger partial charge in [-0.3, -0.25) is 5.84 Å². The predicted octanol–water partition coefficient (Wildman–Crippen LogP) is 4.22. The molecule has 0 heterocycles. The van der Waals surface area contributed by atoms with Crippen molar-refractivity contribution >= 4 is 31.9 Å². The van der Waals surface area contributed by atoms with Gasteiger partial charge < -0.3 is 0 Å². The van der Waals surface area contributed by atoms with E-state index in [4.69, 9.17) is 5.84 Å². The third kappa shape index (κ3) is 3.19. The van der Waals surface area contributed by atoms with Crippen LogP contribution >= 0.6 is 31.9 Å². The molecule has 1 aromatic carbocycles. The molecular formula is C13H16Br2N2. The highest BCUT2D eigenvalue weighted by Gasteiger charge is 2.19. The van der Waals surface area contributed by atoms with Crippen LogP contribution in [0.25, 0.3) is 0 Å². The summed E-state index contributed by atoms with van der Waals surface area (Å²) in [7, 11) is 0. The lowest BCUT2D eigenvalue weighted by atomic mass is 9.90. The Kier molecular flexibility index (Phi) is 4.79. The lowest BCUT2D eigenvalue weighted by molar-refractivity contribution is 0.564. The van der Waals surface area contributed by atoms with Crippen LogP contribution in [0.15, 0.2) is 38.8 Å². The maximum absolute atomic E-state index is 5.73. The molecule has 17 heavy (non-hydrogen) atoms. The van der Waals surface area contributed by atoms with E-state index in [1.165, 1.54) is 30.4 Å². The van der Waals surface area contributed by atoms with Crippen LogP contribution in [0.3, 0.4) is 0 Å². The highest BCUT2D eigenvalue weighted by molar-refractivity contribution is 9.11. The third-order valence-electron chi connectivity index (χ3n) is 3.13. The summed E-state index contributed by atoms with van der Waals surface area (Å²) >= 11 is 7.10. The second-order valence-corrected chi connectivity index (χ2v) is 6.06. The Morgan fingerprint density at radius 2 is 2.06 bits per heavy atom. The molecule has 2 nitrogen and oxygen atoms in total. The van der Waals surface area contributed by atoms with E-state index < -0.39 is 0 Å². The van der Waals surface area contributed by atoms with Crippen LogP contribution in [0, 0.1) is 0 Å². The molecule has 1 aliphatic rings. The molecule has 1 aromatic rings. The topological polar surface area (TPSA) is 38.0 Å². The predicted molar refractivity (Wildman–Crippen MR) is 78.5 cm³/mol. The molecule has 1 atom stereocenters. The first-order valence-corrected chi connectivity index (χ1v) is 7.41. The maximum atomic E-state index is 5.73. The zero-order valence-electron chi connectivity index (χ0n) is 9.55. The fraction of sp³-hybridized carbons (Fsp3) is 0.385. The van der Waals surface area contributed by atoms with Crippen molar-refractivity contribution in [3.05, 3.63) is 44.4 Å². The molecule has 0 saturated carbocycles. The van der Waals surface area contributed by atoms with Crippen LogP contribution in [-0.2, 0) is 0 Å². The van der Waals surface area contributed by atoms with Crippen molar-refractivity contribution < 1.29 is 0 Å². The van der Waals surface area contributed by atoms with Crippen molar-refractivity contribution in [1.29, 1.82) is 0 Å². The fourth-order valence-electron chi connectivity index (χ4n) is 2.26. The van der Waals surface area contributed by atoms with Gasteiger partial charge >= 0.3 is 0 Å². The molecule has 0 aromatic heterocycles. The Balaban J connectivity index is 2.34. The Hall–Kier alpha value is -0.160. The average Bonchev–Trinajstić information content (AvgIpc) is 2.36. The molecule has 0 amide bonds. The maximum Gasteiger partial charge on any atom is 0.0681 e. The Bertz CT molecular complexity index is 429. The van der Waals surface area contributed by atoms with Gasteiger partial charge in [0, 0.05) is 8.95 Å². The minimum Gasteiger partial charge on any atom is -0.271 e. The number of nitrogens with one attached hydrogen (secondary N) is 1. The van der Waals surface area contributed by atoms with Crippen molar-refractivity contribution in [3.8, 4) is 0 Å². The van der Waals surface area contributed by atoms with Gasteiger partial charge in [0.1, 0.15) is 0 Å². The van der Waals surface area contributed by atoms with Crippen LogP contribution in [0.1, 0.15) is 37.3 Å². The Morgan fingerprint density at radius 3 is 2.71 bits per heavy atom. The minimum atomic E-state index is 0.113. The lowest BCUT2D eigenvalue weighted by Crippen LogP contribution is -2.30. The van der Waals surface area contributed by atoms with E-state index in [9.17, 15) is 0 Å². The molecule has 1 aliphatic carbocycles. The van der Waals surface area contributed by atoms with E-state index in [0.29, 0.717) is 0 Å². The van der Waals surface area contributed by atoms with Crippen molar-refractivity contribution in [2.45, 2.75) is 31.7 Å². The summed E-state index contributed by atoms with van der Waals surface area (Å²) in [6.07, 6.45) is 7.17. The molecule has 0 bridgehead atoms. The second kappa shape index (κ2) is 6.14. The number of halogens is 2. The molecule has 4 heteroatoms. The smallest absolute Gasteiger partial charge is 0.0681 e. The molecule has 3 N–H and O–H groups in total. The normalized spacial score (nSPS) is 17.7. The van der Waals surface area contributed by atoms with Crippen molar-refractivity contribution in [3.63, 3.8) is 0 Å². The molecule has 1 unspecified atom stereocenters. The van der Waals surface area contributed by atoms with Crippen LogP contribution in [0.4, 0.5) is 0 Å². The number of hydrogen-bond acceptors (Lipinski definition) is 2. The largest absolute Gasteiger partial charge is 0.271 e. The quantitative estimate of drug-likeness (QED) is 0.481. The van der Waals surface area contributed by atoms with Crippen LogP contribution in [0.2, 0.25) is 0 Å². The Morgan fingerprint density at radius 1 is 1.24 bits per heavy atom. The van der Waals surface area contributed by atoms with E-state index in [1.54, 1.807) is 0 Å². The molecule has 0 saturated heterocycles. The van der Waals surface area contributed by atoms with Gasteiger partial charge in [-0.2, -0.15) is 0 Å². The van der Waals surface area contributed by atoms with E-state index in [-0.39, 0.29) is 6.04 Å². The first-order chi connectivity index (χ1) is 8.22. The first-order valence-electron chi connectivity index (χ1n) is 5.82. The first kappa shape index (κ1) is 13.3. The minimum absolute atomic E-state index is 0.113. The van der Waals surface area contributed by atoms with Gasteiger partial charge in [-0.1, -0.05) is 43.5 Å². The van der Waals surface area contributed by atoms with Crippen LogP contribution in [-0.4, -0.2) is 0 Å². The molecule has 0 fully saturated rings. The molecular weight excluding hydrogens is 344 g/mol. The number of hydrazine groups is 1. The van der Waals surface area contributed by atoms with Crippen molar-refractivity contribution in [2.24, 2.45) is 5.84 Å².